The van der Waals surface area contributed by atoms with E-state index in [1.165, 1.54) is 0 Å². The summed E-state index contributed by atoms with van der Waals surface area (Å²) >= 11 is 0. The number of ether oxygens (including phenoxy) is 1. The first-order valence-electron chi connectivity index (χ1n) is 5.84. The molecule has 20 heavy (non-hydrogen) atoms. The molecule has 0 amide bonds. The summed E-state index contributed by atoms with van der Waals surface area (Å²) in [6, 6.07) is 8.09. The van der Waals surface area contributed by atoms with Crippen LogP contribution in [0.4, 0.5) is 18.9 Å². The van der Waals surface area contributed by atoms with Crippen LogP contribution in [0.1, 0.15) is 16.8 Å². The maximum atomic E-state index is 12.5. The van der Waals surface area contributed by atoms with Crippen LogP contribution in [0.2, 0.25) is 0 Å². The van der Waals surface area contributed by atoms with Crippen LogP contribution in [-0.4, -0.2) is 12.1 Å². The summed E-state index contributed by atoms with van der Waals surface area (Å²) in [6.07, 6.45) is -3.26. The summed E-state index contributed by atoms with van der Waals surface area (Å²) < 4.78 is 42.5. The molecule has 2 aromatic rings. The Morgan fingerprint density at radius 3 is 2.35 bits per heavy atom. The first-order valence-corrected chi connectivity index (χ1v) is 5.84. The second kappa shape index (κ2) is 5.40. The topological polar surface area (TPSA) is 48.1 Å². The molecule has 0 saturated heterocycles. The van der Waals surface area contributed by atoms with Crippen molar-refractivity contribution in [3.05, 3.63) is 53.3 Å². The fourth-order valence-corrected chi connectivity index (χ4v) is 1.75. The number of hydrogen-bond donors (Lipinski definition) is 1. The average molecular weight is 282 g/mol. The number of alkyl halides is 3. The summed E-state index contributed by atoms with van der Waals surface area (Å²) in [5.41, 5.74) is 6.15. The van der Waals surface area contributed by atoms with E-state index in [0.29, 0.717) is 17.9 Å². The van der Waals surface area contributed by atoms with Crippen LogP contribution in [-0.2, 0) is 12.6 Å². The standard InChI is InChI=1S/C14H13F3N2O/c1-20-11-4-2-9(3-5-11)6-13-12(18)7-10(8-19-13)14(15,16)17/h2-5,7-8H,6,18H2,1H3. The minimum atomic E-state index is -4.43. The van der Waals surface area contributed by atoms with E-state index in [4.69, 9.17) is 10.5 Å². The third-order valence-electron chi connectivity index (χ3n) is 2.86. The predicted molar refractivity (Wildman–Crippen MR) is 69.5 cm³/mol. The third-order valence-corrected chi connectivity index (χ3v) is 2.86. The Balaban J connectivity index is 2.21. The quantitative estimate of drug-likeness (QED) is 0.939. The first kappa shape index (κ1) is 14.2. The van der Waals surface area contributed by atoms with Gasteiger partial charge in [0.15, 0.2) is 0 Å². The number of aromatic nitrogens is 1. The zero-order valence-corrected chi connectivity index (χ0v) is 10.7. The Morgan fingerprint density at radius 2 is 1.85 bits per heavy atom. The fraction of sp³-hybridized carbons (Fsp3) is 0.214. The van der Waals surface area contributed by atoms with E-state index in [2.05, 4.69) is 4.98 Å². The second-order valence-corrected chi connectivity index (χ2v) is 4.28. The van der Waals surface area contributed by atoms with Gasteiger partial charge in [-0.3, -0.25) is 4.98 Å². The van der Waals surface area contributed by atoms with Crippen LogP contribution in [0.3, 0.4) is 0 Å². The van der Waals surface area contributed by atoms with Crippen LogP contribution in [0, 0.1) is 0 Å². The van der Waals surface area contributed by atoms with E-state index in [0.717, 1.165) is 17.8 Å². The van der Waals surface area contributed by atoms with Crippen molar-refractivity contribution < 1.29 is 17.9 Å². The monoisotopic (exact) mass is 282 g/mol. The van der Waals surface area contributed by atoms with Crippen molar-refractivity contribution in [2.75, 3.05) is 12.8 Å². The molecule has 0 bridgehead atoms. The molecule has 0 saturated carbocycles. The van der Waals surface area contributed by atoms with Crippen molar-refractivity contribution in [3.8, 4) is 5.75 Å². The summed E-state index contributed by atoms with van der Waals surface area (Å²) in [5.74, 6) is 0.710. The number of methoxy groups -OCH3 is 1. The molecule has 0 spiro atoms. The molecule has 0 aliphatic rings. The van der Waals surface area contributed by atoms with Crippen molar-refractivity contribution in [3.63, 3.8) is 0 Å². The SMILES string of the molecule is COc1ccc(Cc2ncc(C(F)(F)F)cc2N)cc1. The lowest BCUT2D eigenvalue weighted by Crippen LogP contribution is -2.08. The molecule has 2 N–H and O–H groups in total. The van der Waals surface area contributed by atoms with E-state index < -0.39 is 11.7 Å². The van der Waals surface area contributed by atoms with Gasteiger partial charge in [0, 0.05) is 12.6 Å². The van der Waals surface area contributed by atoms with E-state index in [-0.39, 0.29) is 5.69 Å². The summed E-state index contributed by atoms with van der Waals surface area (Å²) in [7, 11) is 1.56. The van der Waals surface area contributed by atoms with E-state index in [9.17, 15) is 13.2 Å². The lowest BCUT2D eigenvalue weighted by molar-refractivity contribution is -0.137. The maximum Gasteiger partial charge on any atom is 0.417 e. The average Bonchev–Trinajstić information content (AvgIpc) is 2.41. The molecule has 1 aromatic heterocycles. The van der Waals surface area contributed by atoms with Gasteiger partial charge in [-0.15, -0.1) is 0 Å². The van der Waals surface area contributed by atoms with Gasteiger partial charge in [-0.05, 0) is 23.8 Å². The van der Waals surface area contributed by atoms with Crippen molar-refractivity contribution >= 4 is 5.69 Å². The van der Waals surface area contributed by atoms with Crippen LogP contribution < -0.4 is 10.5 Å². The molecule has 0 radical (unpaired) electrons. The number of nitrogens with zero attached hydrogens (tertiary/aromatic N) is 1. The van der Waals surface area contributed by atoms with Crippen molar-refractivity contribution in [1.82, 2.24) is 4.98 Å². The van der Waals surface area contributed by atoms with Gasteiger partial charge in [-0.2, -0.15) is 13.2 Å². The smallest absolute Gasteiger partial charge is 0.417 e. The molecule has 6 heteroatoms. The number of nitrogen functional groups attached to an aromatic ring is 1. The molecule has 0 fully saturated rings. The largest absolute Gasteiger partial charge is 0.497 e. The van der Waals surface area contributed by atoms with Gasteiger partial charge in [0.05, 0.1) is 24.1 Å². The molecule has 0 unspecified atom stereocenters. The van der Waals surface area contributed by atoms with Gasteiger partial charge in [-0.25, -0.2) is 0 Å². The van der Waals surface area contributed by atoms with Gasteiger partial charge >= 0.3 is 6.18 Å². The first-order chi connectivity index (χ1) is 9.40. The molecule has 0 atom stereocenters. The molecular weight excluding hydrogens is 269 g/mol. The van der Waals surface area contributed by atoms with E-state index in [1.807, 2.05) is 12.1 Å². The van der Waals surface area contributed by atoms with Crippen LogP contribution in [0.15, 0.2) is 36.5 Å². The lowest BCUT2D eigenvalue weighted by Gasteiger charge is -2.10. The number of pyridine rings is 1. The Labute approximate surface area is 114 Å². The fourth-order valence-electron chi connectivity index (χ4n) is 1.75. The Morgan fingerprint density at radius 1 is 1.20 bits per heavy atom. The zero-order valence-electron chi connectivity index (χ0n) is 10.7. The molecule has 3 nitrogen and oxygen atoms in total. The number of anilines is 1. The van der Waals surface area contributed by atoms with Crippen molar-refractivity contribution in [2.24, 2.45) is 0 Å². The number of nitrogens with two attached hydrogens (primary N) is 1. The van der Waals surface area contributed by atoms with Gasteiger partial charge in [0.25, 0.3) is 0 Å². The van der Waals surface area contributed by atoms with Crippen LogP contribution >= 0.6 is 0 Å². The summed E-state index contributed by atoms with van der Waals surface area (Å²) in [6.45, 7) is 0. The molecule has 1 heterocycles. The number of benzene rings is 1. The predicted octanol–water partition coefficient (Wildman–Crippen LogP) is 3.28. The summed E-state index contributed by atoms with van der Waals surface area (Å²) in [5, 5.41) is 0. The number of halogens is 3. The number of hydrogen-bond acceptors (Lipinski definition) is 3. The zero-order chi connectivity index (χ0) is 14.8. The highest BCUT2D eigenvalue weighted by Crippen LogP contribution is 2.30. The maximum absolute atomic E-state index is 12.5. The molecular formula is C14H13F3N2O. The Kier molecular flexibility index (Phi) is 3.83. The molecule has 1 aromatic carbocycles. The van der Waals surface area contributed by atoms with Gasteiger partial charge < -0.3 is 10.5 Å². The highest BCUT2D eigenvalue weighted by molar-refractivity contribution is 5.47. The normalized spacial score (nSPS) is 11.4. The van der Waals surface area contributed by atoms with Crippen molar-refractivity contribution in [2.45, 2.75) is 12.6 Å². The Bertz CT molecular complexity index is 594. The minimum Gasteiger partial charge on any atom is -0.497 e. The van der Waals surface area contributed by atoms with Gasteiger partial charge in [-0.1, -0.05) is 12.1 Å². The third kappa shape index (κ3) is 3.20. The van der Waals surface area contributed by atoms with Gasteiger partial charge in [0.2, 0.25) is 0 Å². The molecule has 2 rings (SSSR count). The molecule has 0 aliphatic carbocycles. The van der Waals surface area contributed by atoms with E-state index in [1.54, 1.807) is 19.2 Å². The highest BCUT2D eigenvalue weighted by atomic mass is 19.4. The lowest BCUT2D eigenvalue weighted by atomic mass is 10.1. The molecule has 0 aliphatic heterocycles. The minimum absolute atomic E-state index is 0.0376. The van der Waals surface area contributed by atoms with Gasteiger partial charge in [0.1, 0.15) is 5.75 Å². The van der Waals surface area contributed by atoms with E-state index >= 15 is 0 Å². The summed E-state index contributed by atoms with van der Waals surface area (Å²) in [4.78, 5) is 3.81. The second-order valence-electron chi connectivity index (χ2n) is 4.28. The molecule has 106 valence electrons. The van der Waals surface area contributed by atoms with Crippen LogP contribution in [0.5, 0.6) is 5.75 Å². The highest BCUT2D eigenvalue weighted by Gasteiger charge is 2.31. The number of rotatable bonds is 3. The Hall–Kier alpha value is -2.24. The van der Waals surface area contributed by atoms with Crippen LogP contribution in [0.25, 0.3) is 0 Å². The van der Waals surface area contributed by atoms with Crippen molar-refractivity contribution in [1.29, 1.82) is 0 Å².